The predicted molar refractivity (Wildman–Crippen MR) is 94.9 cm³/mol. The molecule has 1 aromatic heterocycles. The SMILES string of the molecule is Cc1occc1C(=O)N1CCCC[C@@H]1c1ccc(CN(C)C)cc1. The van der Waals surface area contributed by atoms with Crippen molar-refractivity contribution in [3.8, 4) is 0 Å². The quantitative estimate of drug-likeness (QED) is 0.851. The minimum Gasteiger partial charge on any atom is -0.469 e. The maximum atomic E-state index is 12.9. The summed E-state index contributed by atoms with van der Waals surface area (Å²) < 4.78 is 5.32. The third kappa shape index (κ3) is 3.54. The van der Waals surface area contributed by atoms with Crippen molar-refractivity contribution in [3.05, 3.63) is 59.0 Å². The number of furan rings is 1. The molecular formula is C20H26N2O2. The summed E-state index contributed by atoms with van der Waals surface area (Å²) in [6.45, 7) is 3.59. The van der Waals surface area contributed by atoms with Crippen molar-refractivity contribution < 1.29 is 9.21 Å². The van der Waals surface area contributed by atoms with Crippen molar-refractivity contribution >= 4 is 5.91 Å². The number of carbonyl (C=O) groups excluding carboxylic acids is 1. The van der Waals surface area contributed by atoms with Crippen LogP contribution in [-0.2, 0) is 6.54 Å². The Labute approximate surface area is 144 Å². The smallest absolute Gasteiger partial charge is 0.257 e. The minimum absolute atomic E-state index is 0.0864. The van der Waals surface area contributed by atoms with Gasteiger partial charge in [0.1, 0.15) is 5.76 Å². The Balaban J connectivity index is 1.82. The van der Waals surface area contributed by atoms with Gasteiger partial charge in [-0.05, 0) is 57.5 Å². The fraction of sp³-hybridized carbons (Fsp3) is 0.450. The van der Waals surface area contributed by atoms with Crippen LogP contribution in [0.15, 0.2) is 41.0 Å². The highest BCUT2D eigenvalue weighted by molar-refractivity contribution is 5.95. The highest BCUT2D eigenvalue weighted by Crippen LogP contribution is 2.32. The molecule has 0 radical (unpaired) electrons. The van der Waals surface area contributed by atoms with E-state index < -0.39 is 0 Å². The molecule has 0 unspecified atom stereocenters. The topological polar surface area (TPSA) is 36.7 Å². The molecule has 4 nitrogen and oxygen atoms in total. The minimum atomic E-state index is 0.0864. The van der Waals surface area contributed by atoms with E-state index in [2.05, 4.69) is 43.3 Å². The molecule has 1 amide bonds. The molecule has 1 aliphatic heterocycles. The Morgan fingerprint density at radius 2 is 1.96 bits per heavy atom. The molecule has 1 atom stereocenters. The van der Waals surface area contributed by atoms with Crippen molar-refractivity contribution in [2.45, 2.75) is 38.8 Å². The lowest BCUT2D eigenvalue weighted by Gasteiger charge is -2.36. The second-order valence-electron chi connectivity index (χ2n) is 6.88. The van der Waals surface area contributed by atoms with Gasteiger partial charge in [-0.25, -0.2) is 0 Å². The average molecular weight is 326 g/mol. The van der Waals surface area contributed by atoms with Gasteiger partial charge in [-0.15, -0.1) is 0 Å². The van der Waals surface area contributed by atoms with Gasteiger partial charge in [-0.1, -0.05) is 24.3 Å². The lowest BCUT2D eigenvalue weighted by molar-refractivity contribution is 0.0610. The van der Waals surface area contributed by atoms with Crippen molar-refractivity contribution in [1.29, 1.82) is 0 Å². The molecule has 2 aromatic rings. The van der Waals surface area contributed by atoms with Crippen LogP contribution in [0.1, 0.15) is 52.5 Å². The molecule has 0 saturated carbocycles. The Hall–Kier alpha value is -2.07. The molecule has 2 heterocycles. The summed E-state index contributed by atoms with van der Waals surface area (Å²) in [6.07, 6.45) is 4.85. The van der Waals surface area contributed by atoms with Crippen LogP contribution in [0.3, 0.4) is 0 Å². The van der Waals surface area contributed by atoms with Crippen LogP contribution in [0.2, 0.25) is 0 Å². The third-order valence-corrected chi connectivity index (χ3v) is 4.72. The van der Waals surface area contributed by atoms with Gasteiger partial charge >= 0.3 is 0 Å². The van der Waals surface area contributed by atoms with Crippen molar-refractivity contribution in [3.63, 3.8) is 0 Å². The van der Waals surface area contributed by atoms with E-state index in [1.54, 1.807) is 12.3 Å². The third-order valence-electron chi connectivity index (χ3n) is 4.72. The first-order valence-corrected chi connectivity index (χ1v) is 8.65. The second-order valence-corrected chi connectivity index (χ2v) is 6.88. The molecule has 24 heavy (non-hydrogen) atoms. The average Bonchev–Trinajstić information content (AvgIpc) is 3.00. The zero-order chi connectivity index (χ0) is 17.1. The zero-order valence-electron chi connectivity index (χ0n) is 14.8. The van der Waals surface area contributed by atoms with E-state index in [0.29, 0.717) is 11.3 Å². The number of piperidine rings is 1. The van der Waals surface area contributed by atoms with Crippen LogP contribution in [0.5, 0.6) is 0 Å². The Kier molecular flexibility index (Phi) is 5.05. The first-order chi connectivity index (χ1) is 11.6. The van der Waals surface area contributed by atoms with Crippen LogP contribution in [0.25, 0.3) is 0 Å². The molecule has 1 saturated heterocycles. The number of carbonyl (C=O) groups is 1. The van der Waals surface area contributed by atoms with Gasteiger partial charge in [0.25, 0.3) is 5.91 Å². The summed E-state index contributed by atoms with van der Waals surface area (Å²) in [4.78, 5) is 17.1. The van der Waals surface area contributed by atoms with Crippen molar-refractivity contribution in [1.82, 2.24) is 9.80 Å². The molecule has 128 valence electrons. The number of benzene rings is 1. The van der Waals surface area contributed by atoms with E-state index in [4.69, 9.17) is 4.42 Å². The molecule has 1 fully saturated rings. The summed E-state index contributed by atoms with van der Waals surface area (Å²) in [5.74, 6) is 0.786. The van der Waals surface area contributed by atoms with Crippen LogP contribution >= 0.6 is 0 Å². The maximum absolute atomic E-state index is 12.9. The number of rotatable bonds is 4. The van der Waals surface area contributed by atoms with E-state index in [1.807, 2.05) is 11.8 Å². The molecular weight excluding hydrogens is 300 g/mol. The van der Waals surface area contributed by atoms with Gasteiger partial charge in [0, 0.05) is 13.1 Å². The lowest BCUT2D eigenvalue weighted by Crippen LogP contribution is -2.38. The fourth-order valence-electron chi connectivity index (χ4n) is 3.49. The van der Waals surface area contributed by atoms with Gasteiger partial charge in [0.15, 0.2) is 0 Å². The number of nitrogens with zero attached hydrogens (tertiary/aromatic N) is 2. The highest BCUT2D eigenvalue weighted by Gasteiger charge is 2.30. The fourth-order valence-corrected chi connectivity index (χ4v) is 3.49. The molecule has 4 heteroatoms. The molecule has 1 aliphatic rings. The summed E-state index contributed by atoms with van der Waals surface area (Å²) in [5.41, 5.74) is 3.21. The van der Waals surface area contributed by atoms with Crippen LogP contribution in [-0.4, -0.2) is 36.3 Å². The number of hydrogen-bond acceptors (Lipinski definition) is 3. The number of amides is 1. The first-order valence-electron chi connectivity index (χ1n) is 8.65. The largest absolute Gasteiger partial charge is 0.469 e. The number of likely N-dealkylation sites (tertiary alicyclic amines) is 1. The molecule has 1 aromatic carbocycles. The molecule has 0 aliphatic carbocycles. The van der Waals surface area contributed by atoms with Crippen molar-refractivity contribution in [2.75, 3.05) is 20.6 Å². The molecule has 0 N–H and O–H groups in total. The van der Waals surface area contributed by atoms with Crippen LogP contribution in [0, 0.1) is 6.92 Å². The number of aryl methyl sites for hydroxylation is 1. The maximum Gasteiger partial charge on any atom is 0.257 e. The van der Waals surface area contributed by atoms with E-state index in [-0.39, 0.29) is 11.9 Å². The van der Waals surface area contributed by atoms with E-state index in [9.17, 15) is 4.79 Å². The monoisotopic (exact) mass is 326 g/mol. The lowest BCUT2D eigenvalue weighted by atomic mass is 9.93. The molecule has 0 spiro atoms. The van der Waals surface area contributed by atoms with Crippen LogP contribution in [0.4, 0.5) is 0 Å². The van der Waals surface area contributed by atoms with Gasteiger partial charge in [-0.2, -0.15) is 0 Å². The van der Waals surface area contributed by atoms with Gasteiger partial charge in [0.2, 0.25) is 0 Å². The Bertz CT molecular complexity index is 688. The first kappa shape index (κ1) is 16.8. The van der Waals surface area contributed by atoms with E-state index >= 15 is 0 Å². The molecule has 3 rings (SSSR count). The van der Waals surface area contributed by atoms with Gasteiger partial charge in [0.05, 0.1) is 17.9 Å². The Morgan fingerprint density at radius 3 is 2.58 bits per heavy atom. The van der Waals surface area contributed by atoms with E-state index in [0.717, 1.165) is 32.4 Å². The normalized spacial score (nSPS) is 18.2. The summed E-state index contributed by atoms with van der Waals surface area (Å²) in [7, 11) is 4.14. The number of hydrogen-bond donors (Lipinski definition) is 0. The van der Waals surface area contributed by atoms with Gasteiger partial charge < -0.3 is 14.2 Å². The Morgan fingerprint density at radius 1 is 1.21 bits per heavy atom. The second kappa shape index (κ2) is 7.22. The van der Waals surface area contributed by atoms with Crippen LogP contribution < -0.4 is 0 Å². The zero-order valence-corrected chi connectivity index (χ0v) is 14.8. The highest BCUT2D eigenvalue weighted by atomic mass is 16.3. The van der Waals surface area contributed by atoms with Crippen molar-refractivity contribution in [2.24, 2.45) is 0 Å². The molecule has 0 bridgehead atoms. The van der Waals surface area contributed by atoms with Gasteiger partial charge in [-0.3, -0.25) is 4.79 Å². The van der Waals surface area contributed by atoms with E-state index in [1.165, 1.54) is 11.1 Å². The summed E-state index contributed by atoms with van der Waals surface area (Å²) in [6, 6.07) is 10.7. The predicted octanol–water partition coefficient (Wildman–Crippen LogP) is 4.02. The summed E-state index contributed by atoms with van der Waals surface area (Å²) in [5, 5.41) is 0. The standard InChI is InChI=1S/C20H26N2O2/c1-15-18(11-13-24-15)20(23)22-12-5-4-6-19(22)17-9-7-16(8-10-17)14-21(2)3/h7-11,13,19H,4-6,12,14H2,1-3H3/t19-/m1/s1. The summed E-state index contributed by atoms with van der Waals surface area (Å²) >= 11 is 0.